The highest BCUT2D eigenvalue weighted by Crippen LogP contribution is 2.30. The van der Waals surface area contributed by atoms with Gasteiger partial charge in [0.15, 0.2) is 0 Å². The molecule has 0 unspecified atom stereocenters. The lowest BCUT2D eigenvalue weighted by Crippen LogP contribution is -2.32. The van der Waals surface area contributed by atoms with Gasteiger partial charge in [0.2, 0.25) is 0 Å². The molecule has 0 aliphatic heterocycles. The van der Waals surface area contributed by atoms with Crippen LogP contribution in [0, 0.1) is 0 Å². The average molecular weight is 494 g/mol. The van der Waals surface area contributed by atoms with E-state index in [-0.39, 0.29) is 22.8 Å². The zero-order chi connectivity index (χ0) is 25.0. The summed E-state index contributed by atoms with van der Waals surface area (Å²) in [7, 11) is -0.816. The summed E-state index contributed by atoms with van der Waals surface area (Å²) < 4.78 is 33.4. The summed E-state index contributed by atoms with van der Waals surface area (Å²) in [5.41, 5.74) is 2.21. The zero-order valence-corrected chi connectivity index (χ0v) is 20.3. The van der Waals surface area contributed by atoms with E-state index in [1.807, 2.05) is 12.1 Å². The highest BCUT2D eigenvalue weighted by atomic mass is 32.2. The SMILES string of the molecule is CNC(=O)c1ccc(CN(C(=O)c2ccc(S(=O)(=O)Nc3ccccc3OC)cc2)C2CC2)cc1. The molecule has 1 fully saturated rings. The number of carbonyl (C=O) groups is 2. The van der Waals surface area contributed by atoms with Crippen molar-refractivity contribution in [3.05, 3.63) is 89.5 Å². The normalized spacial score (nSPS) is 13.1. The molecule has 9 heteroatoms. The molecule has 3 aromatic rings. The van der Waals surface area contributed by atoms with E-state index in [1.165, 1.54) is 31.4 Å². The molecule has 0 saturated heterocycles. The van der Waals surface area contributed by atoms with Gasteiger partial charge in [0.1, 0.15) is 5.75 Å². The summed E-state index contributed by atoms with van der Waals surface area (Å²) in [6.07, 6.45) is 1.86. The van der Waals surface area contributed by atoms with Crippen LogP contribution >= 0.6 is 0 Å². The number of nitrogens with zero attached hydrogens (tertiary/aromatic N) is 1. The first-order valence-corrected chi connectivity index (χ1v) is 12.7. The van der Waals surface area contributed by atoms with Crippen LogP contribution in [-0.4, -0.2) is 45.3 Å². The fourth-order valence-corrected chi connectivity index (χ4v) is 4.80. The van der Waals surface area contributed by atoms with E-state index in [9.17, 15) is 18.0 Å². The Morgan fingerprint density at radius 3 is 2.17 bits per heavy atom. The molecular formula is C26H27N3O5S. The predicted molar refractivity (Wildman–Crippen MR) is 133 cm³/mol. The number of sulfonamides is 1. The Morgan fingerprint density at radius 2 is 1.57 bits per heavy atom. The summed E-state index contributed by atoms with van der Waals surface area (Å²) in [6, 6.07) is 19.9. The molecule has 0 bridgehead atoms. The van der Waals surface area contributed by atoms with Gasteiger partial charge in [-0.3, -0.25) is 14.3 Å². The van der Waals surface area contributed by atoms with Crippen molar-refractivity contribution in [3.8, 4) is 5.75 Å². The Balaban J connectivity index is 1.49. The Morgan fingerprint density at radius 1 is 0.943 bits per heavy atom. The molecule has 0 atom stereocenters. The van der Waals surface area contributed by atoms with Crippen molar-refractivity contribution in [3.63, 3.8) is 0 Å². The number of anilines is 1. The highest BCUT2D eigenvalue weighted by Gasteiger charge is 2.33. The van der Waals surface area contributed by atoms with Gasteiger partial charge in [-0.1, -0.05) is 24.3 Å². The van der Waals surface area contributed by atoms with Crippen molar-refractivity contribution < 1.29 is 22.7 Å². The average Bonchev–Trinajstić information content (AvgIpc) is 3.72. The number of carbonyl (C=O) groups excluding carboxylic acids is 2. The molecule has 2 N–H and O–H groups in total. The second-order valence-corrected chi connectivity index (χ2v) is 9.95. The first kappa shape index (κ1) is 24.3. The first-order valence-electron chi connectivity index (χ1n) is 11.2. The topological polar surface area (TPSA) is 105 Å². The maximum atomic E-state index is 13.3. The molecule has 1 aliphatic rings. The van der Waals surface area contributed by atoms with Crippen LogP contribution in [0.15, 0.2) is 77.7 Å². The van der Waals surface area contributed by atoms with E-state index in [4.69, 9.17) is 4.74 Å². The molecule has 0 aromatic heterocycles. The lowest BCUT2D eigenvalue weighted by Gasteiger charge is -2.23. The van der Waals surface area contributed by atoms with E-state index < -0.39 is 10.0 Å². The van der Waals surface area contributed by atoms with Gasteiger partial charge in [0.05, 0.1) is 17.7 Å². The number of hydrogen-bond donors (Lipinski definition) is 2. The fraction of sp³-hybridized carbons (Fsp3) is 0.231. The van der Waals surface area contributed by atoms with E-state index in [0.717, 1.165) is 18.4 Å². The molecule has 4 rings (SSSR count). The third-order valence-corrected chi connectivity index (χ3v) is 7.19. The standard InChI is InChI=1S/C26H27N3O5S/c1-27-25(30)19-9-7-18(8-10-19)17-29(21-13-14-21)26(31)20-11-15-22(16-12-20)35(32,33)28-23-5-3-4-6-24(23)34-2/h3-12,15-16,21,28H,13-14,17H2,1-2H3,(H,27,30). The molecule has 3 aromatic carbocycles. The van der Waals surface area contributed by atoms with Gasteiger partial charge < -0.3 is 15.0 Å². The Kier molecular flexibility index (Phi) is 7.07. The van der Waals surface area contributed by atoms with Gasteiger partial charge in [-0.15, -0.1) is 0 Å². The van der Waals surface area contributed by atoms with Gasteiger partial charge in [-0.25, -0.2) is 8.42 Å². The van der Waals surface area contributed by atoms with Crippen LogP contribution in [0.3, 0.4) is 0 Å². The summed E-state index contributed by atoms with van der Waals surface area (Å²) >= 11 is 0. The Bertz CT molecular complexity index is 1320. The summed E-state index contributed by atoms with van der Waals surface area (Å²) in [4.78, 5) is 26.9. The number of methoxy groups -OCH3 is 1. The zero-order valence-electron chi connectivity index (χ0n) is 19.5. The van der Waals surface area contributed by atoms with Crippen LogP contribution in [0.4, 0.5) is 5.69 Å². The van der Waals surface area contributed by atoms with Crippen LogP contribution in [-0.2, 0) is 16.6 Å². The molecular weight excluding hydrogens is 466 g/mol. The van der Waals surface area contributed by atoms with Gasteiger partial charge >= 0.3 is 0 Å². The van der Waals surface area contributed by atoms with Crippen molar-refractivity contribution in [1.82, 2.24) is 10.2 Å². The predicted octanol–water partition coefficient (Wildman–Crippen LogP) is 3.66. The number of hydrogen-bond acceptors (Lipinski definition) is 5. The number of nitrogens with one attached hydrogen (secondary N) is 2. The Hall–Kier alpha value is -3.85. The molecule has 1 saturated carbocycles. The summed E-state index contributed by atoms with van der Waals surface area (Å²) in [5, 5.41) is 2.59. The molecule has 182 valence electrons. The highest BCUT2D eigenvalue weighted by molar-refractivity contribution is 7.92. The number of para-hydroxylation sites is 2. The lowest BCUT2D eigenvalue weighted by atomic mass is 10.1. The van der Waals surface area contributed by atoms with Crippen LogP contribution < -0.4 is 14.8 Å². The van der Waals surface area contributed by atoms with Crippen molar-refractivity contribution in [2.45, 2.75) is 30.3 Å². The fourth-order valence-electron chi connectivity index (χ4n) is 3.73. The number of ether oxygens (including phenoxy) is 1. The Labute approximate surface area is 205 Å². The quantitative estimate of drug-likeness (QED) is 0.473. The van der Waals surface area contributed by atoms with Gasteiger partial charge in [-0.05, 0) is 66.9 Å². The van der Waals surface area contributed by atoms with Crippen molar-refractivity contribution in [2.75, 3.05) is 18.9 Å². The molecule has 1 aliphatic carbocycles. The summed E-state index contributed by atoms with van der Waals surface area (Å²) in [6.45, 7) is 0.410. The van der Waals surface area contributed by atoms with E-state index in [1.54, 1.807) is 48.3 Å². The third-order valence-electron chi connectivity index (χ3n) is 5.81. The molecule has 35 heavy (non-hydrogen) atoms. The minimum atomic E-state index is -3.86. The summed E-state index contributed by atoms with van der Waals surface area (Å²) in [5.74, 6) is 0.0812. The molecule has 0 heterocycles. The lowest BCUT2D eigenvalue weighted by molar-refractivity contribution is 0.0729. The number of rotatable bonds is 9. The van der Waals surface area contributed by atoms with Gasteiger partial charge in [0, 0.05) is 30.8 Å². The van der Waals surface area contributed by atoms with Gasteiger partial charge in [0.25, 0.3) is 21.8 Å². The molecule has 0 radical (unpaired) electrons. The monoisotopic (exact) mass is 493 g/mol. The van der Waals surface area contributed by atoms with Crippen LogP contribution in [0.2, 0.25) is 0 Å². The van der Waals surface area contributed by atoms with Crippen molar-refractivity contribution >= 4 is 27.5 Å². The largest absolute Gasteiger partial charge is 0.495 e. The maximum absolute atomic E-state index is 13.3. The van der Waals surface area contributed by atoms with E-state index >= 15 is 0 Å². The first-order chi connectivity index (χ1) is 16.8. The smallest absolute Gasteiger partial charge is 0.262 e. The minimum Gasteiger partial charge on any atom is -0.495 e. The molecule has 2 amide bonds. The second kappa shape index (κ2) is 10.2. The number of amides is 2. The molecule has 0 spiro atoms. The minimum absolute atomic E-state index is 0.0442. The second-order valence-electron chi connectivity index (χ2n) is 8.27. The van der Waals surface area contributed by atoms with E-state index in [0.29, 0.717) is 29.1 Å². The van der Waals surface area contributed by atoms with Gasteiger partial charge in [-0.2, -0.15) is 0 Å². The van der Waals surface area contributed by atoms with Crippen LogP contribution in [0.5, 0.6) is 5.75 Å². The number of benzene rings is 3. The third kappa shape index (κ3) is 5.63. The maximum Gasteiger partial charge on any atom is 0.262 e. The van der Waals surface area contributed by atoms with Crippen molar-refractivity contribution in [1.29, 1.82) is 0 Å². The van der Waals surface area contributed by atoms with E-state index in [2.05, 4.69) is 10.0 Å². The van der Waals surface area contributed by atoms with Crippen LogP contribution in [0.25, 0.3) is 0 Å². The van der Waals surface area contributed by atoms with Crippen LogP contribution in [0.1, 0.15) is 39.1 Å². The molecule has 8 nitrogen and oxygen atoms in total. The van der Waals surface area contributed by atoms with Crippen molar-refractivity contribution in [2.24, 2.45) is 0 Å².